The number of nitrogens with zero attached hydrogens (tertiary/aromatic N) is 2. The quantitative estimate of drug-likeness (QED) is 0.922. The molecular formula is C15H21N3O2S. The average Bonchev–Trinajstić information content (AvgIpc) is 2.70. The summed E-state index contributed by atoms with van der Waals surface area (Å²) in [5.41, 5.74) is 4.55. The van der Waals surface area contributed by atoms with Crippen molar-refractivity contribution >= 4 is 15.5 Å². The second kappa shape index (κ2) is 5.89. The minimum atomic E-state index is -3.24. The number of anilines is 1. The van der Waals surface area contributed by atoms with Crippen molar-refractivity contribution in [3.05, 3.63) is 41.3 Å². The highest BCUT2D eigenvalue weighted by molar-refractivity contribution is 7.90. The van der Waals surface area contributed by atoms with Crippen LogP contribution < -0.4 is 5.32 Å². The van der Waals surface area contributed by atoms with Crippen molar-refractivity contribution in [3.8, 4) is 0 Å². The van der Waals surface area contributed by atoms with E-state index in [2.05, 4.69) is 41.7 Å². The topological polar surface area (TPSA) is 64.0 Å². The molecule has 0 aliphatic rings. The largest absolute Gasteiger partial charge is 0.380 e. The molecule has 6 heteroatoms. The van der Waals surface area contributed by atoms with Crippen molar-refractivity contribution in [2.24, 2.45) is 0 Å². The summed E-state index contributed by atoms with van der Waals surface area (Å²) < 4.78 is 25.0. The number of rotatable bonds is 5. The monoisotopic (exact) mass is 307 g/mol. The van der Waals surface area contributed by atoms with Crippen LogP contribution in [0.1, 0.15) is 23.9 Å². The minimum absolute atomic E-state index is 0.0946. The normalized spacial score (nSPS) is 11.6. The van der Waals surface area contributed by atoms with E-state index < -0.39 is 9.84 Å². The third-order valence-electron chi connectivity index (χ3n) is 3.59. The fourth-order valence-electron chi connectivity index (χ4n) is 2.44. The van der Waals surface area contributed by atoms with Gasteiger partial charge in [-0.3, -0.25) is 0 Å². The van der Waals surface area contributed by atoms with Crippen molar-refractivity contribution in [2.45, 2.75) is 38.9 Å². The van der Waals surface area contributed by atoms with Crippen LogP contribution in [0.25, 0.3) is 0 Å². The predicted octanol–water partition coefficient (Wildman–Crippen LogP) is 2.54. The van der Waals surface area contributed by atoms with Crippen LogP contribution in [0.4, 0.5) is 5.69 Å². The van der Waals surface area contributed by atoms with Gasteiger partial charge in [-0.15, -0.1) is 0 Å². The Morgan fingerprint density at radius 3 is 2.48 bits per heavy atom. The van der Waals surface area contributed by atoms with Gasteiger partial charge in [-0.2, -0.15) is 0 Å². The third kappa shape index (κ3) is 3.44. The molecule has 5 nitrogen and oxygen atoms in total. The Bertz CT molecular complexity index is 731. The van der Waals surface area contributed by atoms with Crippen molar-refractivity contribution in [3.63, 3.8) is 0 Å². The number of pyridine rings is 1. The molecule has 2 aromatic heterocycles. The van der Waals surface area contributed by atoms with Crippen LogP contribution in [0, 0.1) is 13.8 Å². The highest BCUT2D eigenvalue weighted by Gasteiger charge is 2.09. The van der Waals surface area contributed by atoms with Gasteiger partial charge in [0.05, 0.1) is 11.9 Å². The molecule has 0 aromatic carbocycles. The van der Waals surface area contributed by atoms with Crippen LogP contribution in [0.15, 0.2) is 29.4 Å². The number of aryl methyl sites for hydroxylation is 1. The summed E-state index contributed by atoms with van der Waals surface area (Å²) in [4.78, 5) is 3.97. The summed E-state index contributed by atoms with van der Waals surface area (Å²) in [5.74, 6) is 0. The summed E-state index contributed by atoms with van der Waals surface area (Å²) >= 11 is 0. The molecule has 0 radical (unpaired) electrons. The maximum atomic E-state index is 11.4. The van der Waals surface area contributed by atoms with Crippen LogP contribution >= 0.6 is 0 Å². The molecule has 0 fully saturated rings. The zero-order chi connectivity index (χ0) is 15.6. The van der Waals surface area contributed by atoms with Gasteiger partial charge in [0.25, 0.3) is 0 Å². The summed E-state index contributed by atoms with van der Waals surface area (Å²) in [6.45, 7) is 7.99. The zero-order valence-corrected chi connectivity index (χ0v) is 13.7. The van der Waals surface area contributed by atoms with E-state index >= 15 is 0 Å². The van der Waals surface area contributed by atoms with Crippen molar-refractivity contribution in [2.75, 3.05) is 11.6 Å². The second-order valence-electron chi connectivity index (χ2n) is 5.15. The number of hydrogen-bond acceptors (Lipinski definition) is 4. The maximum absolute atomic E-state index is 11.4. The van der Waals surface area contributed by atoms with Crippen LogP contribution in [-0.4, -0.2) is 24.2 Å². The molecule has 21 heavy (non-hydrogen) atoms. The second-order valence-corrected chi connectivity index (χ2v) is 7.11. The molecule has 2 heterocycles. The van der Waals surface area contributed by atoms with E-state index in [9.17, 15) is 8.42 Å². The number of nitrogens with one attached hydrogen (secondary N) is 1. The van der Waals surface area contributed by atoms with Crippen LogP contribution in [0.3, 0.4) is 0 Å². The lowest BCUT2D eigenvalue weighted by Gasteiger charge is -2.08. The molecule has 0 saturated heterocycles. The molecule has 0 aliphatic carbocycles. The first-order chi connectivity index (χ1) is 9.82. The zero-order valence-electron chi connectivity index (χ0n) is 12.8. The van der Waals surface area contributed by atoms with E-state index in [1.54, 1.807) is 12.3 Å². The molecule has 0 spiro atoms. The highest BCUT2D eigenvalue weighted by Crippen LogP contribution is 2.17. The van der Waals surface area contributed by atoms with E-state index in [1.807, 2.05) is 0 Å². The Labute approximate surface area is 125 Å². The summed E-state index contributed by atoms with van der Waals surface area (Å²) in [5, 5.41) is 3.37. The first kappa shape index (κ1) is 15.6. The maximum Gasteiger partial charge on any atom is 0.192 e. The molecule has 2 rings (SSSR count). The lowest BCUT2D eigenvalue weighted by atomic mass is 10.2. The predicted molar refractivity (Wildman–Crippen MR) is 84.3 cm³/mol. The standard InChI is InChI=1S/C15H21N3O2S/c1-5-18-11(2)8-13(12(18)3)9-16-14-6-7-15(17-10-14)21(4,19)20/h6-8,10,16H,5,9H2,1-4H3. The molecule has 0 unspecified atom stereocenters. The van der Waals surface area contributed by atoms with Gasteiger partial charge in [0.1, 0.15) is 0 Å². The lowest BCUT2D eigenvalue weighted by Crippen LogP contribution is -2.04. The Morgan fingerprint density at radius 2 is 2.00 bits per heavy atom. The first-order valence-electron chi connectivity index (χ1n) is 6.88. The minimum Gasteiger partial charge on any atom is -0.380 e. The summed E-state index contributed by atoms with van der Waals surface area (Å²) in [6.07, 6.45) is 2.71. The van der Waals surface area contributed by atoms with Gasteiger partial charge in [0.15, 0.2) is 14.9 Å². The van der Waals surface area contributed by atoms with E-state index in [-0.39, 0.29) is 5.03 Å². The molecule has 0 saturated carbocycles. The van der Waals surface area contributed by atoms with E-state index in [4.69, 9.17) is 0 Å². The first-order valence-corrected chi connectivity index (χ1v) is 8.77. The van der Waals surface area contributed by atoms with Crippen molar-refractivity contribution in [1.29, 1.82) is 0 Å². The van der Waals surface area contributed by atoms with Gasteiger partial charge in [0.2, 0.25) is 0 Å². The van der Waals surface area contributed by atoms with Crippen molar-refractivity contribution in [1.82, 2.24) is 9.55 Å². The summed E-state index contributed by atoms with van der Waals surface area (Å²) in [6, 6.07) is 5.43. The Morgan fingerprint density at radius 1 is 1.29 bits per heavy atom. The Kier molecular flexibility index (Phi) is 4.37. The third-order valence-corrected chi connectivity index (χ3v) is 4.60. The van der Waals surface area contributed by atoms with Crippen molar-refractivity contribution < 1.29 is 8.42 Å². The number of hydrogen-bond donors (Lipinski definition) is 1. The Hall–Kier alpha value is -1.82. The SMILES string of the molecule is CCn1c(C)cc(CNc2ccc(S(C)(=O)=O)nc2)c1C. The smallest absolute Gasteiger partial charge is 0.192 e. The highest BCUT2D eigenvalue weighted by atomic mass is 32.2. The van der Waals surface area contributed by atoms with Gasteiger partial charge in [-0.05, 0) is 44.5 Å². The number of sulfone groups is 1. The molecule has 0 aliphatic heterocycles. The average molecular weight is 307 g/mol. The van der Waals surface area contributed by atoms with Crippen LogP contribution in [0.5, 0.6) is 0 Å². The molecule has 0 atom stereocenters. The van der Waals surface area contributed by atoms with Crippen LogP contribution in [-0.2, 0) is 22.9 Å². The fourth-order valence-corrected chi connectivity index (χ4v) is 3.00. The van der Waals surface area contributed by atoms with E-state index in [0.29, 0.717) is 6.54 Å². The molecule has 2 aromatic rings. The lowest BCUT2D eigenvalue weighted by molar-refractivity contribution is 0.598. The van der Waals surface area contributed by atoms with Gasteiger partial charge in [0, 0.05) is 30.7 Å². The van der Waals surface area contributed by atoms with Crippen LogP contribution in [0.2, 0.25) is 0 Å². The number of aromatic nitrogens is 2. The van der Waals surface area contributed by atoms with Gasteiger partial charge in [-0.25, -0.2) is 13.4 Å². The van der Waals surface area contributed by atoms with E-state index in [0.717, 1.165) is 18.5 Å². The van der Waals surface area contributed by atoms with Gasteiger partial charge < -0.3 is 9.88 Å². The van der Waals surface area contributed by atoms with Gasteiger partial charge >= 0.3 is 0 Å². The molecule has 1 N–H and O–H groups in total. The molecule has 114 valence electrons. The van der Waals surface area contributed by atoms with E-state index in [1.165, 1.54) is 23.0 Å². The van der Waals surface area contributed by atoms with Gasteiger partial charge in [-0.1, -0.05) is 0 Å². The molecule has 0 bridgehead atoms. The fraction of sp³-hybridized carbons (Fsp3) is 0.400. The molecular weight excluding hydrogens is 286 g/mol. The molecule has 0 amide bonds. The Balaban J connectivity index is 2.10. The summed E-state index contributed by atoms with van der Waals surface area (Å²) in [7, 11) is -3.24.